The molecule has 1 aliphatic rings. The molecule has 0 bridgehead atoms. The highest BCUT2D eigenvalue weighted by Crippen LogP contribution is 2.61. The first kappa shape index (κ1) is 12.8. The number of rotatable bonds is 4. The zero-order valence-corrected chi connectivity index (χ0v) is 10.7. The maximum atomic E-state index is 12.0. The average molecular weight is 263 g/mol. The monoisotopic (exact) mass is 263 g/mol. The topological polar surface area (TPSA) is 75.0 Å². The first-order valence-electron chi connectivity index (χ1n) is 5.67. The average Bonchev–Trinajstić information content (AvgIpc) is 3.10. The van der Waals surface area contributed by atoms with Crippen LogP contribution in [0.3, 0.4) is 0 Å². The molecule has 1 aromatic carbocycles. The number of nitriles is 1. The van der Waals surface area contributed by atoms with Crippen LogP contribution in [-0.2, 0) is 14.6 Å². The summed E-state index contributed by atoms with van der Waals surface area (Å²) in [6, 6.07) is 10.8. The van der Waals surface area contributed by atoms with Crippen molar-refractivity contribution in [3.63, 3.8) is 0 Å². The fourth-order valence-electron chi connectivity index (χ4n) is 2.47. The van der Waals surface area contributed by atoms with Gasteiger partial charge in [-0.25, -0.2) is 8.42 Å². The first-order valence-corrected chi connectivity index (χ1v) is 7.39. The van der Waals surface area contributed by atoms with Gasteiger partial charge >= 0.3 is 0 Å². The molecular formula is C13H13NO3S. The van der Waals surface area contributed by atoms with E-state index in [4.69, 9.17) is 0 Å². The van der Waals surface area contributed by atoms with Crippen molar-refractivity contribution in [2.45, 2.75) is 18.1 Å². The molecule has 94 valence electrons. The third kappa shape index (κ3) is 1.65. The second kappa shape index (κ2) is 4.21. The summed E-state index contributed by atoms with van der Waals surface area (Å²) >= 11 is 0. The summed E-state index contributed by atoms with van der Waals surface area (Å²) in [5, 5.41) is 8.27. The molecule has 0 unspecified atom stereocenters. The Hall–Kier alpha value is -1.67. The predicted octanol–water partition coefficient (Wildman–Crippen LogP) is 1.30. The maximum absolute atomic E-state index is 12.0. The number of carbonyl (C=O) groups excluding carboxylic acids is 1. The highest BCUT2D eigenvalue weighted by molar-refractivity contribution is 7.92. The molecule has 0 radical (unpaired) electrons. The molecule has 1 fully saturated rings. The molecule has 1 aliphatic carbocycles. The van der Waals surface area contributed by atoms with Gasteiger partial charge < -0.3 is 4.79 Å². The van der Waals surface area contributed by atoms with Gasteiger partial charge in [-0.3, -0.25) is 0 Å². The predicted molar refractivity (Wildman–Crippen MR) is 66.5 cm³/mol. The zero-order chi connectivity index (χ0) is 13.4. The van der Waals surface area contributed by atoms with E-state index in [0.29, 0.717) is 6.29 Å². The second-order valence-electron chi connectivity index (χ2n) is 4.42. The summed E-state index contributed by atoms with van der Waals surface area (Å²) in [6.07, 6.45) is 0.489. The number of carbonyl (C=O) groups is 1. The van der Waals surface area contributed by atoms with Crippen LogP contribution in [-0.4, -0.2) is 25.7 Å². The van der Waals surface area contributed by atoms with Crippen molar-refractivity contribution in [1.29, 1.82) is 5.26 Å². The van der Waals surface area contributed by atoms with Crippen molar-refractivity contribution in [3.05, 3.63) is 35.9 Å². The first-order chi connectivity index (χ1) is 8.53. The van der Waals surface area contributed by atoms with E-state index in [2.05, 4.69) is 0 Å². The SMILES string of the molecule is CCS(=O)(=O)[C@@H]1[C@H](c2ccccc2)[C@@]1(C#N)C=O. The highest BCUT2D eigenvalue weighted by atomic mass is 32.2. The van der Waals surface area contributed by atoms with Crippen LogP contribution in [0.4, 0.5) is 0 Å². The van der Waals surface area contributed by atoms with Gasteiger partial charge in [0.2, 0.25) is 0 Å². The molecule has 5 heteroatoms. The van der Waals surface area contributed by atoms with Gasteiger partial charge in [0.25, 0.3) is 0 Å². The number of nitrogens with zero attached hydrogens (tertiary/aromatic N) is 1. The molecule has 0 aromatic heterocycles. The van der Waals surface area contributed by atoms with E-state index in [1.807, 2.05) is 12.1 Å². The third-order valence-electron chi connectivity index (χ3n) is 3.52. The van der Waals surface area contributed by atoms with Crippen LogP contribution < -0.4 is 0 Å². The van der Waals surface area contributed by atoms with Crippen LogP contribution in [0.2, 0.25) is 0 Å². The molecule has 0 saturated heterocycles. The lowest BCUT2D eigenvalue weighted by Gasteiger charge is -1.99. The number of hydrogen-bond acceptors (Lipinski definition) is 4. The fraction of sp³-hybridized carbons (Fsp3) is 0.385. The van der Waals surface area contributed by atoms with Crippen molar-refractivity contribution < 1.29 is 13.2 Å². The largest absolute Gasteiger partial charge is 0.302 e. The van der Waals surface area contributed by atoms with Gasteiger partial charge in [0.05, 0.1) is 11.3 Å². The summed E-state index contributed by atoms with van der Waals surface area (Å²) in [6.45, 7) is 1.53. The minimum Gasteiger partial charge on any atom is -0.302 e. The Bertz CT molecular complexity index is 603. The van der Waals surface area contributed by atoms with Crippen LogP contribution in [0.1, 0.15) is 18.4 Å². The molecule has 1 saturated carbocycles. The lowest BCUT2D eigenvalue weighted by atomic mass is 10.0. The Balaban J connectivity index is 2.49. The molecular weight excluding hydrogens is 250 g/mol. The molecule has 0 amide bonds. The van der Waals surface area contributed by atoms with Crippen molar-refractivity contribution in [2.24, 2.45) is 5.41 Å². The van der Waals surface area contributed by atoms with Crippen LogP contribution >= 0.6 is 0 Å². The second-order valence-corrected chi connectivity index (χ2v) is 6.83. The van der Waals surface area contributed by atoms with E-state index < -0.39 is 26.4 Å². The molecule has 0 N–H and O–H groups in total. The molecule has 4 nitrogen and oxygen atoms in total. The van der Waals surface area contributed by atoms with Gasteiger partial charge in [-0.05, 0) is 5.56 Å². The zero-order valence-electron chi connectivity index (χ0n) is 9.91. The fourth-order valence-corrected chi connectivity index (χ4v) is 4.40. The van der Waals surface area contributed by atoms with E-state index >= 15 is 0 Å². The van der Waals surface area contributed by atoms with Crippen LogP contribution in [0, 0.1) is 16.7 Å². The summed E-state index contributed by atoms with van der Waals surface area (Å²) in [5.74, 6) is -0.593. The van der Waals surface area contributed by atoms with E-state index in [-0.39, 0.29) is 5.75 Å². The van der Waals surface area contributed by atoms with Gasteiger partial charge in [0.1, 0.15) is 11.7 Å². The molecule has 1 aromatic rings. The summed E-state index contributed by atoms with van der Waals surface area (Å²) in [7, 11) is -3.41. The molecule has 0 aliphatic heterocycles. The van der Waals surface area contributed by atoms with Gasteiger partial charge in [-0.1, -0.05) is 37.3 Å². The quantitative estimate of drug-likeness (QED) is 0.767. The van der Waals surface area contributed by atoms with Crippen molar-refractivity contribution in [3.8, 4) is 6.07 Å². The Labute approximate surface area is 106 Å². The van der Waals surface area contributed by atoms with Crippen LogP contribution in [0.5, 0.6) is 0 Å². The smallest absolute Gasteiger partial charge is 0.155 e. The molecule has 0 spiro atoms. The summed E-state index contributed by atoms with van der Waals surface area (Å²) in [5.41, 5.74) is -0.677. The molecule has 2 rings (SSSR count). The molecule has 3 atom stereocenters. The minimum atomic E-state index is -3.41. The Morgan fingerprint density at radius 1 is 1.39 bits per heavy atom. The minimum absolute atomic E-state index is 0.0573. The number of benzene rings is 1. The Morgan fingerprint density at radius 2 is 2.00 bits per heavy atom. The lowest BCUT2D eigenvalue weighted by Crippen LogP contribution is -2.17. The standard InChI is InChI=1S/C13H13NO3S/c1-2-18(16,17)12-11(13(12,8-14)9-15)10-6-4-3-5-7-10/h3-7,9,11-12H,2H2,1H3/t11-,12+,13+/m0/s1. The van der Waals surface area contributed by atoms with E-state index in [1.54, 1.807) is 24.3 Å². The van der Waals surface area contributed by atoms with Gasteiger partial charge in [0.15, 0.2) is 9.84 Å². The number of hydrogen-bond donors (Lipinski definition) is 0. The van der Waals surface area contributed by atoms with Gasteiger partial charge in [-0.15, -0.1) is 0 Å². The van der Waals surface area contributed by atoms with E-state index in [0.717, 1.165) is 5.56 Å². The van der Waals surface area contributed by atoms with Crippen molar-refractivity contribution in [2.75, 3.05) is 5.75 Å². The van der Waals surface area contributed by atoms with Crippen molar-refractivity contribution >= 4 is 16.1 Å². The van der Waals surface area contributed by atoms with Crippen LogP contribution in [0.25, 0.3) is 0 Å². The highest BCUT2D eigenvalue weighted by Gasteiger charge is 2.72. The summed E-state index contributed by atoms with van der Waals surface area (Å²) in [4.78, 5) is 11.2. The Morgan fingerprint density at radius 3 is 2.44 bits per heavy atom. The summed E-state index contributed by atoms with van der Waals surface area (Å²) < 4.78 is 23.9. The lowest BCUT2D eigenvalue weighted by molar-refractivity contribution is -0.110. The van der Waals surface area contributed by atoms with E-state index in [1.165, 1.54) is 6.92 Å². The van der Waals surface area contributed by atoms with Gasteiger partial charge in [-0.2, -0.15) is 5.26 Å². The number of aldehydes is 1. The molecule has 0 heterocycles. The Kier molecular flexibility index (Phi) is 2.99. The maximum Gasteiger partial charge on any atom is 0.155 e. The van der Waals surface area contributed by atoms with E-state index in [9.17, 15) is 18.5 Å². The number of sulfone groups is 1. The third-order valence-corrected chi connectivity index (χ3v) is 5.76. The normalized spacial score (nSPS) is 30.4. The molecule has 18 heavy (non-hydrogen) atoms. The van der Waals surface area contributed by atoms with Crippen molar-refractivity contribution in [1.82, 2.24) is 0 Å². The van der Waals surface area contributed by atoms with Gasteiger partial charge in [0, 0.05) is 11.7 Å². The van der Waals surface area contributed by atoms with Crippen LogP contribution in [0.15, 0.2) is 30.3 Å².